The number of hydrogen-bond donors (Lipinski definition) is 0. The van der Waals surface area contributed by atoms with E-state index in [1.54, 1.807) is 35.5 Å². The van der Waals surface area contributed by atoms with Gasteiger partial charge in [-0.3, -0.25) is 4.79 Å². The van der Waals surface area contributed by atoms with Crippen LogP contribution >= 0.6 is 0 Å². The molecule has 0 unspecified atom stereocenters. The van der Waals surface area contributed by atoms with Crippen LogP contribution in [-0.2, 0) is 6.42 Å². The zero-order valence-corrected chi connectivity index (χ0v) is 14.5. The quantitative estimate of drug-likeness (QED) is 0.711. The number of nitriles is 1. The molecule has 136 valence electrons. The zero-order chi connectivity index (χ0) is 18.9. The van der Waals surface area contributed by atoms with Crippen LogP contribution in [0.3, 0.4) is 0 Å². The van der Waals surface area contributed by atoms with E-state index in [0.717, 1.165) is 5.56 Å². The maximum absolute atomic E-state index is 13.1. The van der Waals surface area contributed by atoms with E-state index in [0.29, 0.717) is 38.1 Å². The van der Waals surface area contributed by atoms with Gasteiger partial charge >= 0.3 is 0 Å². The molecule has 27 heavy (non-hydrogen) atoms. The molecular formula is C19H17FN6O. The smallest absolute Gasteiger partial charge is 0.293 e. The van der Waals surface area contributed by atoms with Crippen molar-refractivity contribution in [2.75, 3.05) is 13.1 Å². The van der Waals surface area contributed by atoms with E-state index in [1.807, 2.05) is 0 Å². The van der Waals surface area contributed by atoms with Gasteiger partial charge in [-0.1, -0.05) is 12.1 Å². The summed E-state index contributed by atoms with van der Waals surface area (Å²) in [6.45, 7) is 0.910. The fraction of sp³-hybridized carbons (Fsp3) is 0.316. The first-order valence-corrected chi connectivity index (χ1v) is 8.71. The van der Waals surface area contributed by atoms with Crippen LogP contribution in [0.15, 0.2) is 42.7 Å². The van der Waals surface area contributed by atoms with Crippen molar-refractivity contribution in [1.82, 2.24) is 24.5 Å². The lowest BCUT2D eigenvalue weighted by Gasteiger charge is -2.37. The molecule has 1 fully saturated rings. The number of hydrogen-bond acceptors (Lipinski definition) is 5. The first kappa shape index (κ1) is 17.1. The standard InChI is InChI=1S/C19H17FN6O/c20-15-4-2-14(3-5-15)12-19(13-21)6-10-25(11-7-19)17(27)16-23-18-22-8-1-9-26(18)24-16/h1-5,8-9H,6-7,10-12H2. The number of nitrogens with zero attached hydrogens (tertiary/aromatic N) is 6. The first-order valence-electron chi connectivity index (χ1n) is 8.71. The van der Waals surface area contributed by atoms with Gasteiger partial charge in [-0.25, -0.2) is 13.9 Å². The average molecular weight is 364 g/mol. The third kappa shape index (κ3) is 3.36. The lowest BCUT2D eigenvalue weighted by molar-refractivity contribution is 0.0635. The molecule has 3 aromatic rings. The Balaban J connectivity index is 1.46. The monoisotopic (exact) mass is 364 g/mol. The fourth-order valence-corrected chi connectivity index (χ4v) is 3.42. The zero-order valence-electron chi connectivity index (χ0n) is 14.5. The van der Waals surface area contributed by atoms with Crippen LogP contribution in [0, 0.1) is 22.6 Å². The molecule has 0 bridgehead atoms. The molecule has 3 heterocycles. The van der Waals surface area contributed by atoms with Crippen molar-refractivity contribution in [2.45, 2.75) is 19.3 Å². The van der Waals surface area contributed by atoms with Crippen molar-refractivity contribution in [2.24, 2.45) is 5.41 Å². The van der Waals surface area contributed by atoms with E-state index in [2.05, 4.69) is 21.1 Å². The second kappa shape index (κ2) is 6.76. The van der Waals surface area contributed by atoms with Gasteiger partial charge in [-0.05, 0) is 43.0 Å². The van der Waals surface area contributed by atoms with Crippen molar-refractivity contribution < 1.29 is 9.18 Å². The Kier molecular flexibility index (Phi) is 4.28. The number of halogens is 1. The molecule has 4 rings (SSSR count). The maximum Gasteiger partial charge on any atom is 0.293 e. The van der Waals surface area contributed by atoms with Gasteiger partial charge in [0.05, 0.1) is 11.5 Å². The SMILES string of the molecule is N#CC1(Cc2ccc(F)cc2)CCN(C(=O)c2nc3ncccn3n2)CC1. The van der Waals surface area contributed by atoms with Gasteiger partial charge in [-0.15, -0.1) is 5.10 Å². The lowest BCUT2D eigenvalue weighted by atomic mass is 9.75. The number of likely N-dealkylation sites (tertiary alicyclic amines) is 1. The van der Waals surface area contributed by atoms with Crippen LogP contribution < -0.4 is 0 Å². The summed E-state index contributed by atoms with van der Waals surface area (Å²) in [5, 5.41) is 13.9. The first-order chi connectivity index (χ1) is 13.1. The Bertz CT molecular complexity index is 982. The number of piperidine rings is 1. The predicted molar refractivity (Wildman–Crippen MR) is 94.1 cm³/mol. The van der Waals surface area contributed by atoms with Gasteiger partial charge in [-0.2, -0.15) is 10.2 Å². The van der Waals surface area contributed by atoms with Crippen molar-refractivity contribution in [3.05, 3.63) is 59.9 Å². The molecule has 0 atom stereocenters. The molecule has 1 amide bonds. The largest absolute Gasteiger partial charge is 0.336 e. The number of fused-ring (bicyclic) bond motifs is 1. The predicted octanol–water partition coefficient (Wildman–Crippen LogP) is 2.25. The summed E-state index contributed by atoms with van der Waals surface area (Å²) in [6.07, 6.45) is 4.93. The second-order valence-corrected chi connectivity index (χ2v) is 6.79. The summed E-state index contributed by atoms with van der Waals surface area (Å²) in [5.74, 6) is -0.0642. The van der Waals surface area contributed by atoms with Crippen LogP contribution in [0.1, 0.15) is 29.0 Å². The molecule has 0 aliphatic carbocycles. The molecule has 0 radical (unpaired) electrons. The summed E-state index contributed by atoms with van der Waals surface area (Å²) >= 11 is 0. The molecule has 0 N–H and O–H groups in total. The molecule has 1 aromatic carbocycles. The number of amides is 1. The summed E-state index contributed by atoms with van der Waals surface area (Å²) in [5.41, 5.74) is 0.369. The normalized spacial score (nSPS) is 16.2. The Morgan fingerprint density at radius 2 is 2.00 bits per heavy atom. The lowest BCUT2D eigenvalue weighted by Crippen LogP contribution is -2.43. The molecule has 2 aromatic heterocycles. The number of benzene rings is 1. The summed E-state index contributed by atoms with van der Waals surface area (Å²) in [6, 6.07) is 10.4. The minimum absolute atomic E-state index is 0.108. The highest BCUT2D eigenvalue weighted by Gasteiger charge is 2.37. The van der Waals surface area contributed by atoms with Crippen molar-refractivity contribution in [3.8, 4) is 6.07 Å². The fourth-order valence-electron chi connectivity index (χ4n) is 3.42. The van der Waals surface area contributed by atoms with E-state index in [9.17, 15) is 14.4 Å². The second-order valence-electron chi connectivity index (χ2n) is 6.79. The van der Waals surface area contributed by atoms with E-state index in [-0.39, 0.29) is 17.5 Å². The number of carbonyl (C=O) groups is 1. The van der Waals surface area contributed by atoms with Crippen molar-refractivity contribution >= 4 is 11.7 Å². The average Bonchev–Trinajstić information content (AvgIpc) is 3.14. The molecule has 1 saturated heterocycles. The van der Waals surface area contributed by atoms with Gasteiger partial charge < -0.3 is 4.90 Å². The van der Waals surface area contributed by atoms with E-state index >= 15 is 0 Å². The maximum atomic E-state index is 13.1. The number of rotatable bonds is 3. The highest BCUT2D eigenvalue weighted by molar-refractivity contribution is 5.91. The summed E-state index contributed by atoms with van der Waals surface area (Å²) in [4.78, 5) is 22.6. The highest BCUT2D eigenvalue weighted by Crippen LogP contribution is 2.35. The topological polar surface area (TPSA) is 87.2 Å². The van der Waals surface area contributed by atoms with Crippen LogP contribution in [-0.4, -0.2) is 43.5 Å². The number of carbonyl (C=O) groups excluding carboxylic acids is 1. The van der Waals surface area contributed by atoms with Gasteiger partial charge in [0.25, 0.3) is 11.7 Å². The van der Waals surface area contributed by atoms with E-state index in [4.69, 9.17) is 0 Å². The molecule has 0 saturated carbocycles. The Labute approximate surface area is 155 Å². The Hall–Kier alpha value is -3.34. The van der Waals surface area contributed by atoms with Crippen molar-refractivity contribution in [1.29, 1.82) is 5.26 Å². The van der Waals surface area contributed by atoms with E-state index in [1.165, 1.54) is 16.6 Å². The van der Waals surface area contributed by atoms with Crippen LogP contribution in [0.5, 0.6) is 0 Å². The Morgan fingerprint density at radius 3 is 2.67 bits per heavy atom. The Morgan fingerprint density at radius 1 is 1.26 bits per heavy atom. The molecule has 1 aliphatic rings. The minimum Gasteiger partial charge on any atom is -0.336 e. The molecule has 0 spiro atoms. The molecule has 7 nitrogen and oxygen atoms in total. The number of aromatic nitrogens is 4. The van der Waals surface area contributed by atoms with Crippen molar-refractivity contribution in [3.63, 3.8) is 0 Å². The third-order valence-corrected chi connectivity index (χ3v) is 5.01. The minimum atomic E-state index is -0.553. The van der Waals surface area contributed by atoms with Gasteiger partial charge in [0.2, 0.25) is 5.82 Å². The summed E-state index contributed by atoms with van der Waals surface area (Å²) < 4.78 is 14.6. The highest BCUT2D eigenvalue weighted by atomic mass is 19.1. The van der Waals surface area contributed by atoms with Crippen LogP contribution in [0.2, 0.25) is 0 Å². The van der Waals surface area contributed by atoms with E-state index < -0.39 is 5.41 Å². The third-order valence-electron chi connectivity index (χ3n) is 5.01. The van der Waals surface area contributed by atoms with Crippen LogP contribution in [0.4, 0.5) is 4.39 Å². The van der Waals surface area contributed by atoms with Gasteiger partial charge in [0, 0.05) is 25.5 Å². The van der Waals surface area contributed by atoms with Crippen LogP contribution in [0.25, 0.3) is 5.78 Å². The molecular weight excluding hydrogens is 347 g/mol. The van der Waals surface area contributed by atoms with Gasteiger partial charge in [0.1, 0.15) is 5.82 Å². The molecule has 8 heteroatoms. The summed E-state index contributed by atoms with van der Waals surface area (Å²) in [7, 11) is 0. The van der Waals surface area contributed by atoms with Gasteiger partial charge in [0.15, 0.2) is 0 Å². The molecule has 1 aliphatic heterocycles.